The van der Waals surface area contributed by atoms with Gasteiger partial charge in [-0.25, -0.2) is 0 Å². The molecule has 5 nitrogen and oxygen atoms in total. The Bertz CT molecular complexity index is 1240. The third-order valence-corrected chi connectivity index (χ3v) is 13.3. The smallest absolute Gasteiger partial charge is 0.261 e. The molecule has 4 rings (SSSR count). The fourth-order valence-corrected chi connectivity index (χ4v) is 10.5. The average molecular weight is 587 g/mol. The highest BCUT2D eigenvalue weighted by molar-refractivity contribution is 6.99. The molecule has 0 aliphatic carbocycles. The van der Waals surface area contributed by atoms with Crippen molar-refractivity contribution in [2.45, 2.75) is 70.8 Å². The molecule has 42 heavy (non-hydrogen) atoms. The Hall–Kier alpha value is -3.03. The van der Waals surface area contributed by atoms with E-state index in [4.69, 9.17) is 18.6 Å². The lowest BCUT2D eigenvalue weighted by Crippen LogP contribution is -2.66. The second kappa shape index (κ2) is 14.4. The van der Waals surface area contributed by atoms with Gasteiger partial charge in [0.05, 0.1) is 19.8 Å². The summed E-state index contributed by atoms with van der Waals surface area (Å²) in [6, 6.07) is 29.2. The molecule has 1 aliphatic heterocycles. The van der Waals surface area contributed by atoms with Crippen molar-refractivity contribution in [2.75, 3.05) is 20.3 Å². The van der Waals surface area contributed by atoms with Gasteiger partial charge in [0.25, 0.3) is 8.32 Å². The van der Waals surface area contributed by atoms with Gasteiger partial charge in [-0.15, -0.1) is 0 Å². The Morgan fingerprint density at radius 1 is 0.976 bits per heavy atom. The summed E-state index contributed by atoms with van der Waals surface area (Å²) in [5, 5.41) is 2.41. The lowest BCUT2D eigenvalue weighted by Gasteiger charge is -2.43. The van der Waals surface area contributed by atoms with Crippen molar-refractivity contribution in [3.63, 3.8) is 0 Å². The maximum Gasteiger partial charge on any atom is 0.261 e. The van der Waals surface area contributed by atoms with Crippen molar-refractivity contribution in [3.05, 3.63) is 103 Å². The van der Waals surface area contributed by atoms with Crippen molar-refractivity contribution in [1.82, 2.24) is 0 Å². The molecule has 6 heteroatoms. The highest BCUT2D eigenvalue weighted by atomic mass is 28.4. The molecule has 1 aliphatic rings. The first-order valence-corrected chi connectivity index (χ1v) is 16.9. The van der Waals surface area contributed by atoms with E-state index in [1.54, 1.807) is 7.11 Å². The van der Waals surface area contributed by atoms with Crippen molar-refractivity contribution in [1.29, 1.82) is 0 Å². The topological polar surface area (TPSA) is 54.0 Å². The van der Waals surface area contributed by atoms with E-state index in [-0.39, 0.29) is 22.8 Å². The molecule has 1 saturated heterocycles. The van der Waals surface area contributed by atoms with Crippen molar-refractivity contribution >= 4 is 24.5 Å². The minimum atomic E-state index is -2.65. The van der Waals surface area contributed by atoms with E-state index in [1.807, 2.05) is 24.3 Å². The van der Waals surface area contributed by atoms with Crippen LogP contribution in [0.25, 0.3) is 0 Å². The molecule has 0 radical (unpaired) electrons. The monoisotopic (exact) mass is 586 g/mol. The van der Waals surface area contributed by atoms with Crippen LogP contribution in [0.2, 0.25) is 5.04 Å². The fourth-order valence-electron chi connectivity index (χ4n) is 5.80. The summed E-state index contributed by atoms with van der Waals surface area (Å²) in [6.07, 6.45) is 1.11. The average Bonchev–Trinajstić information content (AvgIpc) is 3.37. The van der Waals surface area contributed by atoms with Gasteiger partial charge >= 0.3 is 0 Å². The molecule has 1 fully saturated rings. The van der Waals surface area contributed by atoms with Crippen LogP contribution >= 0.6 is 0 Å². The number of ketones is 1. The van der Waals surface area contributed by atoms with Crippen LogP contribution in [-0.2, 0) is 25.3 Å². The normalized spacial score (nSPS) is 18.2. The zero-order chi connectivity index (χ0) is 30.2. The number of carbonyl (C=O) groups excluding carboxylic acids is 1. The van der Waals surface area contributed by atoms with E-state index < -0.39 is 14.4 Å². The van der Waals surface area contributed by atoms with E-state index >= 15 is 0 Å². The number of ether oxygens (including phenoxy) is 3. The van der Waals surface area contributed by atoms with Crippen LogP contribution < -0.4 is 15.1 Å². The number of Topliss-reactive ketones (excluding diaryl/α,β-unsaturated/α-hetero) is 1. The van der Waals surface area contributed by atoms with Crippen molar-refractivity contribution in [3.8, 4) is 5.75 Å². The second-order valence-electron chi connectivity index (χ2n) is 12.3. The molecule has 0 bridgehead atoms. The quantitative estimate of drug-likeness (QED) is 0.123. The van der Waals surface area contributed by atoms with Crippen molar-refractivity contribution in [2.24, 2.45) is 5.92 Å². The SMILES string of the molecule is C=C([C@H](C)CO[Si](c1ccccc1)(c1ccccc1)C(C)(C)C)[C@H]1CC(=O)[C@@H](CCCOCc2ccc(OC)cc2)O1. The van der Waals surface area contributed by atoms with Gasteiger partial charge in [-0.3, -0.25) is 4.79 Å². The molecule has 0 saturated carbocycles. The summed E-state index contributed by atoms with van der Waals surface area (Å²) in [7, 11) is -0.993. The minimum Gasteiger partial charge on any atom is -0.497 e. The van der Waals surface area contributed by atoms with Crippen LogP contribution in [-0.4, -0.2) is 46.6 Å². The van der Waals surface area contributed by atoms with Gasteiger partial charge in [0.15, 0.2) is 5.78 Å². The predicted molar refractivity (Wildman–Crippen MR) is 172 cm³/mol. The largest absolute Gasteiger partial charge is 0.497 e. The number of hydrogen-bond acceptors (Lipinski definition) is 5. The van der Waals surface area contributed by atoms with Gasteiger partial charge in [-0.2, -0.15) is 0 Å². The van der Waals surface area contributed by atoms with E-state index in [0.717, 1.165) is 23.3 Å². The molecule has 0 aromatic heterocycles. The van der Waals surface area contributed by atoms with E-state index in [1.165, 1.54) is 10.4 Å². The molecule has 0 amide bonds. The summed E-state index contributed by atoms with van der Waals surface area (Å²) < 4.78 is 24.4. The Morgan fingerprint density at radius 3 is 2.12 bits per heavy atom. The molecule has 224 valence electrons. The molecular formula is C36H46O5Si. The van der Waals surface area contributed by atoms with Gasteiger partial charge in [0, 0.05) is 25.6 Å². The van der Waals surface area contributed by atoms with Crippen LogP contribution in [0.3, 0.4) is 0 Å². The van der Waals surface area contributed by atoms with Crippen molar-refractivity contribution < 1.29 is 23.4 Å². The lowest BCUT2D eigenvalue weighted by molar-refractivity contribution is -0.122. The van der Waals surface area contributed by atoms with E-state index in [9.17, 15) is 4.79 Å². The van der Waals surface area contributed by atoms with Gasteiger partial charge < -0.3 is 18.6 Å². The Labute approximate surface area is 253 Å². The zero-order valence-corrected chi connectivity index (χ0v) is 26.8. The van der Waals surface area contributed by atoms with Crippen LogP contribution in [0.15, 0.2) is 97.1 Å². The Morgan fingerprint density at radius 2 is 1.57 bits per heavy atom. The van der Waals surface area contributed by atoms with Gasteiger partial charge in [0.1, 0.15) is 11.9 Å². The zero-order valence-electron chi connectivity index (χ0n) is 25.8. The minimum absolute atomic E-state index is 0.0380. The highest BCUT2D eigenvalue weighted by Crippen LogP contribution is 2.38. The molecular weight excluding hydrogens is 540 g/mol. The van der Waals surface area contributed by atoms with E-state index in [2.05, 4.69) is 94.9 Å². The first kappa shape index (κ1) is 31.9. The van der Waals surface area contributed by atoms with Crippen LogP contribution in [0.1, 0.15) is 52.5 Å². The van der Waals surface area contributed by atoms with Crippen LogP contribution in [0, 0.1) is 5.92 Å². The van der Waals surface area contributed by atoms with Gasteiger partial charge in [-0.1, -0.05) is 107 Å². The summed E-state index contributed by atoms with van der Waals surface area (Å²) in [5.74, 6) is 1.02. The third kappa shape index (κ3) is 7.48. The van der Waals surface area contributed by atoms with Gasteiger partial charge in [-0.05, 0) is 51.5 Å². The van der Waals surface area contributed by atoms with Crippen LogP contribution in [0.4, 0.5) is 0 Å². The second-order valence-corrected chi connectivity index (χ2v) is 16.6. The number of rotatable bonds is 14. The Balaban J connectivity index is 1.33. The standard InChI is InChI=1S/C36H46O5Si/c1-27(25-40-42(36(3,4)5,31-14-9-7-10-15-31)32-16-11-8-12-17-32)28(2)35-24-33(37)34(41-35)18-13-23-39-26-29-19-21-30(38-6)22-20-29/h7-12,14-17,19-22,27,34-35H,2,13,18,23-26H2,1,3-6H3/t27-,34-,35-/m1/s1. The summed E-state index contributed by atoms with van der Waals surface area (Å²) in [5.41, 5.74) is 2.02. The number of carbonyl (C=O) groups is 1. The molecule has 0 spiro atoms. The molecule has 3 aromatic rings. The maximum absolute atomic E-state index is 12.8. The molecule has 3 atom stereocenters. The summed E-state index contributed by atoms with van der Waals surface area (Å²) in [4.78, 5) is 12.8. The first-order chi connectivity index (χ1) is 20.2. The van der Waals surface area contributed by atoms with Gasteiger partial charge in [0.2, 0.25) is 0 Å². The number of hydrogen-bond donors (Lipinski definition) is 0. The van der Waals surface area contributed by atoms with E-state index in [0.29, 0.717) is 32.7 Å². The summed E-state index contributed by atoms with van der Waals surface area (Å²) >= 11 is 0. The van der Waals surface area contributed by atoms with Crippen LogP contribution in [0.5, 0.6) is 5.75 Å². The third-order valence-electron chi connectivity index (χ3n) is 8.27. The highest BCUT2D eigenvalue weighted by Gasteiger charge is 2.50. The Kier molecular flexibility index (Phi) is 11.0. The number of methoxy groups -OCH3 is 1. The molecule has 1 heterocycles. The predicted octanol–water partition coefficient (Wildman–Crippen LogP) is 6.49. The number of benzene rings is 3. The summed E-state index contributed by atoms with van der Waals surface area (Å²) in [6.45, 7) is 15.0. The molecule has 3 aromatic carbocycles. The first-order valence-electron chi connectivity index (χ1n) is 15.0. The molecule has 0 N–H and O–H groups in total. The fraction of sp³-hybridized carbons (Fsp3) is 0.417. The maximum atomic E-state index is 12.8. The molecule has 0 unspecified atom stereocenters. The lowest BCUT2D eigenvalue weighted by atomic mass is 9.96.